The highest BCUT2D eigenvalue weighted by atomic mass is 19.3. The lowest BCUT2D eigenvalue weighted by molar-refractivity contribution is -0.0880. The number of aromatic amines is 1. The molecule has 1 aromatic heterocycles. The second-order valence-electron chi connectivity index (χ2n) is 4.03. The van der Waals surface area contributed by atoms with E-state index in [1.807, 2.05) is 0 Å². The first-order valence-corrected chi connectivity index (χ1v) is 6.35. The highest BCUT2D eigenvalue weighted by Gasteiger charge is 2.28. The third kappa shape index (κ3) is 5.27. The molecule has 21 heavy (non-hydrogen) atoms. The predicted molar refractivity (Wildman–Crippen MR) is 70.1 cm³/mol. The van der Waals surface area contributed by atoms with Crippen LogP contribution in [0.2, 0.25) is 0 Å². The summed E-state index contributed by atoms with van der Waals surface area (Å²) in [6.07, 6.45) is -5.71. The first kappa shape index (κ1) is 17.3. The van der Waals surface area contributed by atoms with Crippen molar-refractivity contribution in [2.24, 2.45) is 5.73 Å². The molecule has 0 saturated carbocycles. The van der Waals surface area contributed by atoms with Crippen LogP contribution < -0.4 is 11.1 Å². The number of carbonyl (C=O) groups is 1. The largest absolute Gasteiger partial charge is 0.461 e. The van der Waals surface area contributed by atoms with Crippen LogP contribution in [0.4, 0.5) is 18.9 Å². The Bertz CT molecular complexity index is 432. The van der Waals surface area contributed by atoms with Gasteiger partial charge in [-0.3, -0.25) is 5.73 Å². The number of anilines is 1. The predicted octanol–water partition coefficient (Wildman–Crippen LogP) is 1.51. The molecule has 0 aliphatic carbocycles. The minimum Gasteiger partial charge on any atom is -0.461 e. The molecule has 120 valence electrons. The Hall–Kier alpha value is -1.74. The van der Waals surface area contributed by atoms with Crippen molar-refractivity contribution in [3.8, 4) is 0 Å². The quantitative estimate of drug-likeness (QED) is 0.365. The number of rotatable bonds is 9. The van der Waals surface area contributed by atoms with Gasteiger partial charge in [0.2, 0.25) is 0 Å². The summed E-state index contributed by atoms with van der Waals surface area (Å²) in [7, 11) is 0. The van der Waals surface area contributed by atoms with E-state index in [0.717, 1.165) is 0 Å². The van der Waals surface area contributed by atoms with Gasteiger partial charge in [-0.25, -0.2) is 18.0 Å². The van der Waals surface area contributed by atoms with Gasteiger partial charge in [0.15, 0.2) is 12.4 Å². The zero-order valence-electron chi connectivity index (χ0n) is 11.4. The van der Waals surface area contributed by atoms with Gasteiger partial charge < -0.3 is 19.8 Å². The van der Waals surface area contributed by atoms with E-state index >= 15 is 0 Å². The Morgan fingerprint density at radius 1 is 1.48 bits per heavy atom. The molecule has 0 spiro atoms. The summed E-state index contributed by atoms with van der Waals surface area (Å²) in [6.45, 7) is 1.80. The summed E-state index contributed by atoms with van der Waals surface area (Å²) in [5.74, 6) is -0.540. The van der Waals surface area contributed by atoms with E-state index in [-0.39, 0.29) is 25.5 Å². The van der Waals surface area contributed by atoms with Crippen LogP contribution in [0, 0.1) is 0 Å². The maximum atomic E-state index is 12.7. The number of nitrogens with two attached hydrogens (primary N) is 1. The Morgan fingerprint density at radius 3 is 2.76 bits per heavy atom. The van der Waals surface area contributed by atoms with Crippen molar-refractivity contribution in [1.29, 1.82) is 0 Å². The molecule has 2 atom stereocenters. The van der Waals surface area contributed by atoms with E-state index in [2.05, 4.69) is 15.0 Å². The monoisotopic (exact) mass is 309 g/mol. The molecular formula is C12H18F3N3O3. The van der Waals surface area contributed by atoms with Gasteiger partial charge in [-0.15, -0.1) is 0 Å². The standard InChI is InChI=1S/C12H18F3N3O3/c1-2-20-12(19)8-7(3-4-18-8)17-5-6-21-9(10(13)14)11(15)16/h3-4,9-11,17-18H,2,5-6,16H2,1H3. The second-order valence-corrected chi connectivity index (χ2v) is 4.03. The van der Waals surface area contributed by atoms with Crippen LogP contribution in [-0.4, -0.2) is 49.5 Å². The molecule has 0 saturated heterocycles. The van der Waals surface area contributed by atoms with Gasteiger partial charge in [-0.1, -0.05) is 0 Å². The summed E-state index contributed by atoms with van der Waals surface area (Å²) in [4.78, 5) is 14.3. The van der Waals surface area contributed by atoms with Crippen LogP contribution in [0.15, 0.2) is 12.3 Å². The van der Waals surface area contributed by atoms with E-state index in [1.165, 1.54) is 6.20 Å². The molecule has 1 heterocycles. The van der Waals surface area contributed by atoms with Gasteiger partial charge in [-0.2, -0.15) is 0 Å². The first-order chi connectivity index (χ1) is 9.97. The fraction of sp³-hybridized carbons (Fsp3) is 0.583. The smallest absolute Gasteiger partial charge is 0.356 e. The fourth-order valence-corrected chi connectivity index (χ4v) is 1.57. The molecule has 9 heteroatoms. The number of esters is 1. The SMILES string of the molecule is CCOC(=O)c1[nH]ccc1NCCOC(C(N)F)C(F)F. The Balaban J connectivity index is 2.43. The molecular weight excluding hydrogens is 291 g/mol. The molecule has 0 fully saturated rings. The first-order valence-electron chi connectivity index (χ1n) is 6.35. The molecule has 2 unspecified atom stereocenters. The van der Waals surface area contributed by atoms with Crippen LogP contribution in [0.3, 0.4) is 0 Å². The van der Waals surface area contributed by atoms with Crippen molar-refractivity contribution in [2.75, 3.05) is 25.1 Å². The maximum absolute atomic E-state index is 12.7. The van der Waals surface area contributed by atoms with Crippen LogP contribution in [0.25, 0.3) is 0 Å². The average Bonchev–Trinajstić information content (AvgIpc) is 2.86. The molecule has 1 rings (SSSR count). The third-order valence-electron chi connectivity index (χ3n) is 2.52. The molecule has 0 radical (unpaired) electrons. The molecule has 0 aromatic carbocycles. The van der Waals surface area contributed by atoms with E-state index in [0.29, 0.717) is 5.69 Å². The number of H-pyrrole nitrogens is 1. The van der Waals surface area contributed by atoms with Crippen LogP contribution in [0.5, 0.6) is 0 Å². The summed E-state index contributed by atoms with van der Waals surface area (Å²) >= 11 is 0. The normalized spacial score (nSPS) is 14.0. The lowest BCUT2D eigenvalue weighted by atomic mass is 10.3. The fourth-order valence-electron chi connectivity index (χ4n) is 1.57. The number of nitrogens with one attached hydrogen (secondary N) is 2. The molecule has 6 nitrogen and oxygen atoms in total. The van der Waals surface area contributed by atoms with Gasteiger partial charge in [-0.05, 0) is 13.0 Å². The van der Waals surface area contributed by atoms with Crippen LogP contribution in [-0.2, 0) is 9.47 Å². The summed E-state index contributed by atoms with van der Waals surface area (Å²) < 4.78 is 46.9. The number of halogens is 3. The highest BCUT2D eigenvalue weighted by molar-refractivity contribution is 5.93. The second kappa shape index (κ2) is 8.53. The highest BCUT2D eigenvalue weighted by Crippen LogP contribution is 2.15. The summed E-state index contributed by atoms with van der Waals surface area (Å²) in [5.41, 5.74) is 5.41. The Labute approximate surface area is 119 Å². The molecule has 0 aliphatic rings. The average molecular weight is 309 g/mol. The summed E-state index contributed by atoms with van der Waals surface area (Å²) in [5, 5.41) is 2.80. The molecule has 4 N–H and O–H groups in total. The van der Waals surface area contributed by atoms with Crippen molar-refractivity contribution in [2.45, 2.75) is 25.7 Å². The molecule has 1 aromatic rings. The van der Waals surface area contributed by atoms with Crippen molar-refractivity contribution in [3.63, 3.8) is 0 Å². The van der Waals surface area contributed by atoms with Crippen molar-refractivity contribution >= 4 is 11.7 Å². The van der Waals surface area contributed by atoms with Gasteiger partial charge in [0.1, 0.15) is 5.69 Å². The topological polar surface area (TPSA) is 89.4 Å². The zero-order valence-corrected chi connectivity index (χ0v) is 11.4. The number of hydrogen-bond acceptors (Lipinski definition) is 5. The number of ether oxygens (including phenoxy) is 2. The lowest BCUT2D eigenvalue weighted by Crippen LogP contribution is -2.39. The lowest BCUT2D eigenvalue weighted by Gasteiger charge is -2.18. The Morgan fingerprint density at radius 2 is 2.19 bits per heavy atom. The van der Waals surface area contributed by atoms with Gasteiger partial charge in [0.25, 0.3) is 6.43 Å². The number of aromatic nitrogens is 1. The minimum atomic E-state index is -3.01. The van der Waals surface area contributed by atoms with Crippen molar-refractivity contribution in [3.05, 3.63) is 18.0 Å². The van der Waals surface area contributed by atoms with Crippen LogP contribution in [0.1, 0.15) is 17.4 Å². The van der Waals surface area contributed by atoms with Gasteiger partial charge >= 0.3 is 5.97 Å². The van der Waals surface area contributed by atoms with E-state index in [4.69, 9.17) is 10.5 Å². The van der Waals surface area contributed by atoms with Gasteiger partial charge in [0.05, 0.1) is 18.9 Å². The Kier molecular flexibility index (Phi) is 7.03. The third-order valence-corrected chi connectivity index (χ3v) is 2.52. The van der Waals surface area contributed by atoms with E-state index in [9.17, 15) is 18.0 Å². The van der Waals surface area contributed by atoms with Crippen molar-refractivity contribution < 1.29 is 27.4 Å². The molecule has 0 amide bonds. The molecule has 0 bridgehead atoms. The van der Waals surface area contributed by atoms with Crippen LogP contribution >= 0.6 is 0 Å². The number of hydrogen-bond donors (Lipinski definition) is 3. The number of alkyl halides is 3. The summed E-state index contributed by atoms with van der Waals surface area (Å²) in [6, 6.07) is 1.58. The minimum absolute atomic E-state index is 0.0974. The molecule has 0 aliphatic heterocycles. The zero-order chi connectivity index (χ0) is 15.8. The van der Waals surface area contributed by atoms with Crippen molar-refractivity contribution in [1.82, 2.24) is 4.98 Å². The number of carbonyl (C=O) groups excluding carboxylic acids is 1. The van der Waals surface area contributed by atoms with Gasteiger partial charge in [0, 0.05) is 12.7 Å². The maximum Gasteiger partial charge on any atom is 0.356 e. The van der Waals surface area contributed by atoms with E-state index in [1.54, 1.807) is 13.0 Å². The van der Waals surface area contributed by atoms with E-state index < -0.39 is 24.8 Å².